The molecule has 6 heteroatoms. The van der Waals surface area contributed by atoms with Crippen molar-refractivity contribution in [3.63, 3.8) is 0 Å². The van der Waals surface area contributed by atoms with E-state index in [0.717, 1.165) is 36.1 Å². The maximum atomic E-state index is 5.24. The molecule has 0 bridgehead atoms. The molecular weight excluding hydrogens is 260 g/mol. The molecule has 2 heterocycles. The Morgan fingerprint density at radius 1 is 1.42 bits per heavy atom. The summed E-state index contributed by atoms with van der Waals surface area (Å²) < 4.78 is 7.29. The van der Waals surface area contributed by atoms with Crippen molar-refractivity contribution in [2.24, 2.45) is 0 Å². The highest BCUT2D eigenvalue weighted by molar-refractivity contribution is 7.99. The number of hydrogen-bond acceptors (Lipinski definition) is 5. The molecule has 0 aliphatic heterocycles. The first-order valence-electron chi connectivity index (χ1n) is 6.55. The molecule has 0 amide bonds. The van der Waals surface area contributed by atoms with Crippen LogP contribution in [-0.4, -0.2) is 25.7 Å². The quantitative estimate of drug-likeness (QED) is 0.814. The Kier molecular flexibility index (Phi) is 4.63. The second kappa shape index (κ2) is 6.23. The van der Waals surface area contributed by atoms with E-state index in [1.54, 1.807) is 0 Å². The van der Waals surface area contributed by atoms with Gasteiger partial charge in [0.1, 0.15) is 0 Å². The van der Waals surface area contributed by atoms with Gasteiger partial charge in [0, 0.05) is 17.9 Å². The fourth-order valence-electron chi connectivity index (χ4n) is 1.86. The SMILES string of the molecule is CCc1noc([C@@H](C)SCCn2nc(C)cc2C)n1. The van der Waals surface area contributed by atoms with Crippen molar-refractivity contribution in [1.29, 1.82) is 0 Å². The predicted molar refractivity (Wildman–Crippen MR) is 76.3 cm³/mol. The second-order valence-electron chi connectivity index (χ2n) is 4.57. The van der Waals surface area contributed by atoms with E-state index >= 15 is 0 Å². The van der Waals surface area contributed by atoms with Gasteiger partial charge in [0.2, 0.25) is 5.89 Å². The molecule has 0 saturated carbocycles. The molecule has 0 unspecified atom stereocenters. The van der Waals surface area contributed by atoms with Crippen molar-refractivity contribution in [1.82, 2.24) is 19.9 Å². The molecule has 0 aliphatic carbocycles. The van der Waals surface area contributed by atoms with Crippen LogP contribution in [-0.2, 0) is 13.0 Å². The van der Waals surface area contributed by atoms with Crippen molar-refractivity contribution in [3.8, 4) is 0 Å². The number of hydrogen-bond donors (Lipinski definition) is 0. The Bertz CT molecular complexity index is 534. The van der Waals surface area contributed by atoms with Gasteiger partial charge in [-0.2, -0.15) is 10.1 Å². The summed E-state index contributed by atoms with van der Waals surface area (Å²) in [4.78, 5) is 4.35. The summed E-state index contributed by atoms with van der Waals surface area (Å²) in [5.41, 5.74) is 2.27. The number of nitrogens with zero attached hydrogens (tertiary/aromatic N) is 4. The lowest BCUT2D eigenvalue weighted by atomic mass is 10.4. The van der Waals surface area contributed by atoms with Crippen LogP contribution in [0.5, 0.6) is 0 Å². The standard InChI is InChI=1S/C13H20N4OS/c1-5-12-14-13(18-16-12)11(4)19-7-6-17-10(3)8-9(2)15-17/h8,11H,5-7H2,1-4H3/t11-/m1/s1. The highest BCUT2D eigenvalue weighted by Gasteiger charge is 2.14. The molecule has 0 fully saturated rings. The molecule has 0 aromatic carbocycles. The summed E-state index contributed by atoms with van der Waals surface area (Å²) in [7, 11) is 0. The van der Waals surface area contributed by atoms with E-state index in [2.05, 4.69) is 35.2 Å². The smallest absolute Gasteiger partial charge is 0.239 e. The molecule has 19 heavy (non-hydrogen) atoms. The molecule has 104 valence electrons. The van der Waals surface area contributed by atoms with Gasteiger partial charge in [0.05, 0.1) is 17.5 Å². The van der Waals surface area contributed by atoms with E-state index in [-0.39, 0.29) is 5.25 Å². The molecular formula is C13H20N4OS. The van der Waals surface area contributed by atoms with E-state index in [9.17, 15) is 0 Å². The van der Waals surface area contributed by atoms with E-state index in [0.29, 0.717) is 0 Å². The summed E-state index contributed by atoms with van der Waals surface area (Å²) in [6.07, 6.45) is 0.812. The second-order valence-corrected chi connectivity index (χ2v) is 6.01. The average Bonchev–Trinajstić information content (AvgIpc) is 2.96. The van der Waals surface area contributed by atoms with Gasteiger partial charge in [-0.3, -0.25) is 4.68 Å². The highest BCUT2D eigenvalue weighted by atomic mass is 32.2. The van der Waals surface area contributed by atoms with Crippen LogP contribution in [0.25, 0.3) is 0 Å². The zero-order valence-electron chi connectivity index (χ0n) is 11.9. The van der Waals surface area contributed by atoms with Gasteiger partial charge in [-0.25, -0.2) is 0 Å². The summed E-state index contributed by atoms with van der Waals surface area (Å²) in [6, 6.07) is 2.10. The molecule has 2 aromatic rings. The number of rotatable bonds is 6. The first-order valence-corrected chi connectivity index (χ1v) is 7.60. The molecule has 0 spiro atoms. The fourth-order valence-corrected chi connectivity index (χ4v) is 2.73. The van der Waals surface area contributed by atoms with Crippen LogP contribution in [0.4, 0.5) is 0 Å². The van der Waals surface area contributed by atoms with E-state index in [1.807, 2.05) is 30.3 Å². The molecule has 0 N–H and O–H groups in total. The van der Waals surface area contributed by atoms with Crippen LogP contribution in [0.1, 0.15) is 42.2 Å². The predicted octanol–water partition coefficient (Wildman–Crippen LogP) is 2.94. The van der Waals surface area contributed by atoms with E-state index < -0.39 is 0 Å². The topological polar surface area (TPSA) is 56.7 Å². The lowest BCUT2D eigenvalue weighted by molar-refractivity contribution is 0.375. The molecule has 2 aromatic heterocycles. The normalized spacial score (nSPS) is 12.8. The van der Waals surface area contributed by atoms with Gasteiger partial charge >= 0.3 is 0 Å². The molecule has 0 saturated heterocycles. The van der Waals surface area contributed by atoms with E-state index in [4.69, 9.17) is 4.52 Å². The van der Waals surface area contributed by atoms with Crippen molar-refractivity contribution >= 4 is 11.8 Å². The lowest BCUT2D eigenvalue weighted by Gasteiger charge is -2.07. The van der Waals surface area contributed by atoms with Crippen molar-refractivity contribution in [3.05, 3.63) is 29.2 Å². The lowest BCUT2D eigenvalue weighted by Crippen LogP contribution is -2.05. The van der Waals surface area contributed by atoms with Gasteiger partial charge in [-0.15, -0.1) is 11.8 Å². The maximum absolute atomic E-state index is 5.24. The Hall–Kier alpha value is -1.30. The summed E-state index contributed by atoms with van der Waals surface area (Å²) >= 11 is 1.81. The summed E-state index contributed by atoms with van der Waals surface area (Å²) in [6.45, 7) is 9.13. The first-order chi connectivity index (χ1) is 9.10. The van der Waals surface area contributed by atoms with Gasteiger partial charge in [-0.05, 0) is 26.8 Å². The number of aromatic nitrogens is 4. The maximum Gasteiger partial charge on any atom is 0.239 e. The van der Waals surface area contributed by atoms with Gasteiger partial charge in [0.25, 0.3) is 0 Å². The largest absolute Gasteiger partial charge is 0.338 e. The van der Waals surface area contributed by atoms with Crippen LogP contribution in [0.2, 0.25) is 0 Å². The zero-order valence-corrected chi connectivity index (χ0v) is 12.7. The highest BCUT2D eigenvalue weighted by Crippen LogP contribution is 2.26. The Balaban J connectivity index is 1.83. The average molecular weight is 280 g/mol. The van der Waals surface area contributed by atoms with Crippen molar-refractivity contribution in [2.75, 3.05) is 5.75 Å². The molecule has 0 aliphatic rings. The van der Waals surface area contributed by atoms with Crippen molar-refractivity contribution in [2.45, 2.75) is 45.9 Å². The zero-order chi connectivity index (χ0) is 13.8. The minimum atomic E-state index is 0.227. The van der Waals surface area contributed by atoms with Gasteiger partial charge in [0.15, 0.2) is 5.82 Å². The Morgan fingerprint density at radius 2 is 2.21 bits per heavy atom. The van der Waals surface area contributed by atoms with Crippen LogP contribution < -0.4 is 0 Å². The number of thioether (sulfide) groups is 1. The van der Waals surface area contributed by atoms with Crippen LogP contribution >= 0.6 is 11.8 Å². The molecule has 2 rings (SSSR count). The molecule has 1 atom stereocenters. The third-order valence-electron chi connectivity index (χ3n) is 2.92. The van der Waals surface area contributed by atoms with E-state index in [1.165, 1.54) is 5.69 Å². The van der Waals surface area contributed by atoms with Crippen LogP contribution in [0.3, 0.4) is 0 Å². The Morgan fingerprint density at radius 3 is 2.79 bits per heavy atom. The van der Waals surface area contributed by atoms with Gasteiger partial charge in [-0.1, -0.05) is 12.1 Å². The molecule has 0 radical (unpaired) electrons. The Labute approximate surface area is 117 Å². The summed E-state index contributed by atoms with van der Waals surface area (Å²) in [5.74, 6) is 2.48. The van der Waals surface area contributed by atoms with Gasteiger partial charge < -0.3 is 4.52 Å². The third-order valence-corrected chi connectivity index (χ3v) is 4.04. The first kappa shape index (κ1) is 14.1. The third kappa shape index (κ3) is 3.59. The van der Waals surface area contributed by atoms with Crippen molar-refractivity contribution < 1.29 is 4.52 Å². The summed E-state index contributed by atoms with van der Waals surface area (Å²) in [5, 5.41) is 8.60. The van der Waals surface area contributed by atoms with Crippen LogP contribution in [0.15, 0.2) is 10.6 Å². The minimum Gasteiger partial charge on any atom is -0.338 e. The number of aryl methyl sites for hydroxylation is 4. The minimum absolute atomic E-state index is 0.227. The monoisotopic (exact) mass is 280 g/mol. The fraction of sp³-hybridized carbons (Fsp3) is 0.615. The molecule has 5 nitrogen and oxygen atoms in total. The van der Waals surface area contributed by atoms with Crippen LogP contribution in [0, 0.1) is 13.8 Å².